The van der Waals surface area contributed by atoms with Gasteiger partial charge in [-0.2, -0.15) is 0 Å². The van der Waals surface area contributed by atoms with Gasteiger partial charge in [-0.3, -0.25) is 4.79 Å². The second-order valence-electron chi connectivity index (χ2n) is 9.66. The molecular formula is C27H41ClN2O2. The molecule has 1 fully saturated rings. The summed E-state index contributed by atoms with van der Waals surface area (Å²) in [6.45, 7) is 2.10. The SMILES string of the molecule is CCC(N)CCC1=N[C@]2(c3ccccc3Cl)CCCCCCCCCC(=O)[C@@H](CCC2)O1. The molecule has 4 nitrogen and oxygen atoms in total. The van der Waals surface area contributed by atoms with Crippen LogP contribution in [0.25, 0.3) is 0 Å². The Morgan fingerprint density at radius 3 is 2.53 bits per heavy atom. The maximum atomic E-state index is 13.0. The molecule has 1 aromatic carbocycles. The lowest BCUT2D eigenvalue weighted by Gasteiger charge is -2.35. The Bertz CT molecular complexity index is 766. The van der Waals surface area contributed by atoms with Crippen LogP contribution in [-0.4, -0.2) is 23.8 Å². The normalized spacial score (nSPS) is 26.9. The topological polar surface area (TPSA) is 64.7 Å². The minimum atomic E-state index is -0.391. The van der Waals surface area contributed by atoms with Crippen molar-refractivity contribution in [2.24, 2.45) is 10.7 Å². The van der Waals surface area contributed by atoms with Gasteiger partial charge in [0.15, 0.2) is 17.8 Å². The van der Waals surface area contributed by atoms with E-state index in [4.69, 9.17) is 27.1 Å². The van der Waals surface area contributed by atoms with E-state index in [2.05, 4.69) is 19.1 Å². The molecule has 2 heterocycles. The maximum absolute atomic E-state index is 13.0. The van der Waals surface area contributed by atoms with Crippen molar-refractivity contribution in [2.45, 2.75) is 121 Å². The molecule has 4 rings (SSSR count). The summed E-state index contributed by atoms with van der Waals surface area (Å²) in [4.78, 5) is 18.3. The number of carbonyl (C=O) groups excluding carboxylic acids is 1. The number of nitrogens with two attached hydrogens (primary N) is 1. The van der Waals surface area contributed by atoms with Crippen LogP contribution < -0.4 is 5.73 Å². The van der Waals surface area contributed by atoms with Crippen LogP contribution in [0.2, 0.25) is 5.02 Å². The average molecular weight is 461 g/mol. The lowest BCUT2D eigenvalue weighted by Crippen LogP contribution is -2.35. The summed E-state index contributed by atoms with van der Waals surface area (Å²) in [5, 5.41) is 0.770. The van der Waals surface area contributed by atoms with Gasteiger partial charge in [0, 0.05) is 23.9 Å². The quantitative estimate of drug-likeness (QED) is 0.508. The standard InChI is InChI=1S/C27H41ClN2O2/c1-2-21(29)17-18-26-30-27(22-13-9-10-14-23(22)28)19-11-7-5-3-4-6-8-15-24(31)25(32-26)16-12-20-27/h9-10,13-14,21,25H,2-8,11-12,15-20,29H2,1H3/t21?,25-,27-/m1/s1. The molecule has 1 aliphatic carbocycles. The lowest BCUT2D eigenvalue weighted by molar-refractivity contribution is -0.127. The smallest absolute Gasteiger partial charge is 0.185 e. The van der Waals surface area contributed by atoms with E-state index in [1.165, 1.54) is 25.7 Å². The number of Topliss-reactive ketones (excluding diaryl/α,β-unsaturated/α-hetero) is 1. The van der Waals surface area contributed by atoms with Crippen LogP contribution in [0.15, 0.2) is 29.3 Å². The number of halogens is 1. The van der Waals surface area contributed by atoms with Crippen LogP contribution in [-0.2, 0) is 15.1 Å². The number of hydrogen-bond donors (Lipinski definition) is 1. The number of nitrogens with zero attached hydrogens (tertiary/aromatic N) is 1. The van der Waals surface area contributed by atoms with Gasteiger partial charge < -0.3 is 10.5 Å². The molecule has 2 bridgehead atoms. The third kappa shape index (κ3) is 7.05. The van der Waals surface area contributed by atoms with Gasteiger partial charge in [-0.1, -0.05) is 75.2 Å². The number of fused-ring (bicyclic) bond motifs is 12. The minimum absolute atomic E-state index is 0.115. The monoisotopic (exact) mass is 460 g/mol. The number of ether oxygens (including phenoxy) is 1. The molecule has 1 aromatic rings. The summed E-state index contributed by atoms with van der Waals surface area (Å²) < 4.78 is 6.39. The van der Waals surface area contributed by atoms with Gasteiger partial charge in [-0.05, 0) is 56.6 Å². The second kappa shape index (κ2) is 12.7. The van der Waals surface area contributed by atoms with Crippen molar-refractivity contribution in [3.63, 3.8) is 0 Å². The molecule has 32 heavy (non-hydrogen) atoms. The van der Waals surface area contributed by atoms with E-state index in [1.807, 2.05) is 12.1 Å². The number of benzene rings is 1. The highest BCUT2D eigenvalue weighted by Crippen LogP contribution is 2.42. The molecule has 2 N–H and O–H groups in total. The van der Waals surface area contributed by atoms with Crippen LogP contribution in [0.5, 0.6) is 0 Å². The van der Waals surface area contributed by atoms with Gasteiger partial charge in [0.2, 0.25) is 0 Å². The lowest BCUT2D eigenvalue weighted by atomic mass is 9.80. The Kier molecular flexibility index (Phi) is 10.1. The third-order valence-electron chi connectivity index (χ3n) is 7.17. The van der Waals surface area contributed by atoms with E-state index in [-0.39, 0.29) is 17.9 Å². The fourth-order valence-corrected chi connectivity index (χ4v) is 5.40. The zero-order valence-electron chi connectivity index (χ0n) is 19.8. The number of rotatable bonds is 5. The Labute approximate surface area is 199 Å². The number of hydrogen-bond acceptors (Lipinski definition) is 4. The molecule has 178 valence electrons. The van der Waals surface area contributed by atoms with Gasteiger partial charge in [-0.25, -0.2) is 4.99 Å². The molecule has 1 saturated carbocycles. The van der Waals surface area contributed by atoms with E-state index in [0.29, 0.717) is 18.7 Å². The van der Waals surface area contributed by atoms with Gasteiger partial charge in [0.1, 0.15) is 0 Å². The molecule has 0 radical (unpaired) electrons. The van der Waals surface area contributed by atoms with Crippen molar-refractivity contribution < 1.29 is 9.53 Å². The molecule has 3 atom stereocenters. The zero-order chi connectivity index (χ0) is 22.8. The summed E-state index contributed by atoms with van der Waals surface area (Å²) in [5.41, 5.74) is 6.93. The summed E-state index contributed by atoms with van der Waals surface area (Å²) >= 11 is 6.73. The fraction of sp³-hybridized carbons (Fsp3) is 0.704. The van der Waals surface area contributed by atoms with Crippen molar-refractivity contribution in [3.05, 3.63) is 34.9 Å². The van der Waals surface area contributed by atoms with Crippen LogP contribution >= 0.6 is 11.6 Å². The maximum Gasteiger partial charge on any atom is 0.185 e. The Balaban J connectivity index is 1.99. The number of aliphatic imine (C=N–C) groups is 1. The molecule has 0 saturated heterocycles. The summed E-state index contributed by atoms with van der Waals surface area (Å²) in [6, 6.07) is 8.24. The predicted molar refractivity (Wildman–Crippen MR) is 133 cm³/mol. The number of ketones is 1. The summed E-state index contributed by atoms with van der Waals surface area (Å²) in [7, 11) is 0. The van der Waals surface area contributed by atoms with Gasteiger partial charge in [-0.15, -0.1) is 0 Å². The van der Waals surface area contributed by atoms with Crippen LogP contribution in [0.1, 0.15) is 109 Å². The molecular weight excluding hydrogens is 420 g/mol. The van der Waals surface area contributed by atoms with E-state index in [9.17, 15) is 4.79 Å². The van der Waals surface area contributed by atoms with Crippen molar-refractivity contribution in [1.82, 2.24) is 0 Å². The Morgan fingerprint density at radius 1 is 1.09 bits per heavy atom. The second-order valence-corrected chi connectivity index (χ2v) is 10.1. The summed E-state index contributed by atoms with van der Waals surface area (Å²) in [6.07, 6.45) is 14.3. The van der Waals surface area contributed by atoms with Gasteiger partial charge in [0.05, 0.1) is 5.54 Å². The first-order valence-corrected chi connectivity index (χ1v) is 13.2. The highest BCUT2D eigenvalue weighted by Gasteiger charge is 2.37. The molecule has 2 aliphatic heterocycles. The Hall–Kier alpha value is -1.39. The van der Waals surface area contributed by atoms with Crippen molar-refractivity contribution in [1.29, 1.82) is 0 Å². The first-order valence-electron chi connectivity index (χ1n) is 12.8. The van der Waals surface area contributed by atoms with Gasteiger partial charge in [0.25, 0.3) is 0 Å². The van der Waals surface area contributed by atoms with Crippen molar-refractivity contribution in [2.75, 3.05) is 0 Å². The van der Waals surface area contributed by atoms with Crippen LogP contribution in [0.3, 0.4) is 0 Å². The molecule has 1 unspecified atom stereocenters. The zero-order valence-corrected chi connectivity index (χ0v) is 20.5. The van der Waals surface area contributed by atoms with Crippen molar-refractivity contribution >= 4 is 23.3 Å². The molecule has 5 heteroatoms. The number of carbonyl (C=O) groups is 1. The van der Waals surface area contributed by atoms with Gasteiger partial charge >= 0.3 is 0 Å². The molecule has 0 amide bonds. The first-order chi connectivity index (χ1) is 15.5. The van der Waals surface area contributed by atoms with Crippen molar-refractivity contribution in [3.8, 4) is 0 Å². The fourth-order valence-electron chi connectivity index (χ4n) is 5.09. The van der Waals surface area contributed by atoms with E-state index in [1.54, 1.807) is 0 Å². The Morgan fingerprint density at radius 2 is 1.78 bits per heavy atom. The molecule has 0 spiro atoms. The van der Waals surface area contributed by atoms with E-state index >= 15 is 0 Å². The largest absolute Gasteiger partial charge is 0.470 e. The molecule has 0 aromatic heterocycles. The first kappa shape index (κ1) is 25.2. The summed E-state index contributed by atoms with van der Waals surface area (Å²) in [5.74, 6) is 0.930. The average Bonchev–Trinajstić information content (AvgIpc) is 2.79. The predicted octanol–water partition coefficient (Wildman–Crippen LogP) is 7.11. The molecule has 3 aliphatic rings. The van der Waals surface area contributed by atoms with Crippen LogP contribution in [0, 0.1) is 0 Å². The third-order valence-corrected chi connectivity index (χ3v) is 7.50. The van der Waals surface area contributed by atoms with E-state index < -0.39 is 5.54 Å². The minimum Gasteiger partial charge on any atom is -0.470 e. The highest BCUT2D eigenvalue weighted by atomic mass is 35.5. The van der Waals surface area contributed by atoms with Crippen LogP contribution in [0.4, 0.5) is 0 Å². The van der Waals surface area contributed by atoms with E-state index in [0.717, 1.165) is 68.4 Å². The highest BCUT2D eigenvalue weighted by molar-refractivity contribution is 6.31.